The van der Waals surface area contributed by atoms with E-state index in [4.69, 9.17) is 0 Å². The van der Waals surface area contributed by atoms with E-state index in [1.165, 1.54) is 0 Å². The van der Waals surface area contributed by atoms with Crippen LogP contribution in [0.1, 0.15) is 16.8 Å². The van der Waals surface area contributed by atoms with Gasteiger partial charge in [-0.05, 0) is 30.2 Å². The topological polar surface area (TPSA) is 102 Å². The number of aromatic hydroxyl groups is 1. The van der Waals surface area contributed by atoms with Gasteiger partial charge in [-0.25, -0.2) is 4.79 Å². The zero-order valence-electron chi connectivity index (χ0n) is 10.8. The quantitative estimate of drug-likeness (QED) is 0.562. The Labute approximate surface area is 113 Å². The molecule has 0 unspecified atom stereocenters. The minimum atomic E-state index is -0.528. The van der Waals surface area contributed by atoms with Crippen LogP contribution in [0, 0.1) is 6.92 Å². The largest absolute Gasteiger partial charge is 0.508 e. The van der Waals surface area contributed by atoms with Gasteiger partial charge in [0.25, 0.3) is 5.56 Å². The van der Waals surface area contributed by atoms with E-state index in [9.17, 15) is 14.7 Å². The molecule has 0 aliphatic rings. The Morgan fingerprint density at radius 3 is 2.45 bits per heavy atom. The number of hydrogen-bond acceptors (Lipinski definition) is 3. The molecule has 0 bridgehead atoms. The van der Waals surface area contributed by atoms with Gasteiger partial charge in [0, 0.05) is 12.1 Å². The molecule has 2 heterocycles. The highest BCUT2D eigenvalue weighted by Crippen LogP contribution is 2.19. The maximum absolute atomic E-state index is 11.8. The summed E-state index contributed by atoms with van der Waals surface area (Å²) < 4.78 is 0. The van der Waals surface area contributed by atoms with Crippen molar-refractivity contribution in [3.8, 4) is 5.75 Å². The van der Waals surface area contributed by atoms with Gasteiger partial charge >= 0.3 is 5.69 Å². The van der Waals surface area contributed by atoms with Crippen LogP contribution in [0.25, 0.3) is 11.0 Å². The Morgan fingerprint density at radius 2 is 1.75 bits per heavy atom. The Kier molecular flexibility index (Phi) is 2.71. The fourth-order valence-corrected chi connectivity index (χ4v) is 2.33. The normalized spacial score (nSPS) is 11.1. The maximum Gasteiger partial charge on any atom is 0.327 e. The van der Waals surface area contributed by atoms with Gasteiger partial charge in [0.15, 0.2) is 0 Å². The van der Waals surface area contributed by atoms with Gasteiger partial charge in [0.2, 0.25) is 0 Å². The third kappa shape index (κ3) is 2.01. The average Bonchev–Trinajstić information content (AvgIpc) is 2.69. The molecule has 6 heteroatoms. The van der Waals surface area contributed by atoms with E-state index in [-0.39, 0.29) is 5.75 Å². The Balaban J connectivity index is 2.11. The van der Waals surface area contributed by atoms with Gasteiger partial charge in [-0.1, -0.05) is 12.1 Å². The highest BCUT2D eigenvalue weighted by Gasteiger charge is 2.12. The Bertz CT molecular complexity index is 885. The predicted molar refractivity (Wildman–Crippen MR) is 75.2 cm³/mol. The number of aryl methyl sites for hydroxylation is 1. The molecule has 0 spiro atoms. The first-order chi connectivity index (χ1) is 9.54. The van der Waals surface area contributed by atoms with Crippen molar-refractivity contribution in [2.75, 3.05) is 0 Å². The number of benzene rings is 1. The van der Waals surface area contributed by atoms with Crippen molar-refractivity contribution in [3.05, 3.63) is 61.9 Å². The van der Waals surface area contributed by atoms with Crippen LogP contribution in [0.3, 0.4) is 0 Å². The minimum absolute atomic E-state index is 0.211. The molecule has 2 aromatic heterocycles. The Hall–Kier alpha value is -2.76. The first-order valence-corrected chi connectivity index (χ1v) is 6.16. The van der Waals surface area contributed by atoms with E-state index in [0.717, 1.165) is 16.8 Å². The smallest absolute Gasteiger partial charge is 0.327 e. The maximum atomic E-state index is 11.8. The molecule has 0 atom stereocenters. The summed E-state index contributed by atoms with van der Waals surface area (Å²) >= 11 is 0. The van der Waals surface area contributed by atoms with Gasteiger partial charge in [0.1, 0.15) is 11.4 Å². The minimum Gasteiger partial charge on any atom is -0.508 e. The summed E-state index contributed by atoms with van der Waals surface area (Å²) in [6.07, 6.45) is 0.586. The second-order valence-corrected chi connectivity index (χ2v) is 4.73. The zero-order chi connectivity index (χ0) is 14.3. The van der Waals surface area contributed by atoms with Gasteiger partial charge in [-0.15, -0.1) is 0 Å². The number of phenolic OH excluding ortho intramolecular Hbond substituents is 1. The standard InChI is InChI=1S/C14H13N3O3/c1-7-10(6-8-2-4-9(18)5-3-8)15-12-11(7)13(19)17-14(20)16-12/h2-5,18H,6H2,1H3,(H3,15,16,17,19,20). The molecule has 0 aliphatic heterocycles. The molecule has 1 aromatic carbocycles. The molecule has 20 heavy (non-hydrogen) atoms. The van der Waals surface area contributed by atoms with E-state index in [1.807, 2.05) is 19.1 Å². The fraction of sp³-hybridized carbons (Fsp3) is 0.143. The lowest BCUT2D eigenvalue weighted by atomic mass is 10.1. The molecule has 4 N–H and O–H groups in total. The summed E-state index contributed by atoms with van der Waals surface area (Å²) in [6.45, 7) is 1.84. The average molecular weight is 271 g/mol. The molecule has 3 rings (SSSR count). The number of H-pyrrole nitrogens is 3. The zero-order valence-corrected chi connectivity index (χ0v) is 10.8. The van der Waals surface area contributed by atoms with E-state index < -0.39 is 11.2 Å². The van der Waals surface area contributed by atoms with Gasteiger partial charge < -0.3 is 10.1 Å². The van der Waals surface area contributed by atoms with Gasteiger partial charge in [0.05, 0.1) is 5.39 Å². The van der Waals surface area contributed by atoms with Crippen molar-refractivity contribution in [2.24, 2.45) is 0 Å². The number of rotatable bonds is 2. The second-order valence-electron chi connectivity index (χ2n) is 4.73. The van der Waals surface area contributed by atoms with Crippen molar-refractivity contribution in [1.29, 1.82) is 0 Å². The first-order valence-electron chi connectivity index (χ1n) is 6.16. The van der Waals surface area contributed by atoms with Crippen LogP contribution >= 0.6 is 0 Å². The van der Waals surface area contributed by atoms with Crippen LogP contribution in [0.2, 0.25) is 0 Å². The summed E-state index contributed by atoms with van der Waals surface area (Å²) in [5.74, 6) is 0.211. The third-order valence-corrected chi connectivity index (χ3v) is 3.36. The lowest BCUT2D eigenvalue weighted by Crippen LogP contribution is -2.21. The van der Waals surface area contributed by atoms with Crippen LogP contribution in [0.5, 0.6) is 5.75 Å². The monoisotopic (exact) mass is 271 g/mol. The van der Waals surface area contributed by atoms with E-state index in [1.54, 1.807) is 12.1 Å². The lowest BCUT2D eigenvalue weighted by molar-refractivity contribution is 0.475. The number of fused-ring (bicyclic) bond motifs is 1. The van der Waals surface area contributed by atoms with Crippen LogP contribution in [0.4, 0.5) is 0 Å². The molecule has 0 fully saturated rings. The van der Waals surface area contributed by atoms with Crippen molar-refractivity contribution in [3.63, 3.8) is 0 Å². The second kappa shape index (κ2) is 4.41. The first kappa shape index (κ1) is 12.3. The molecule has 0 amide bonds. The molecule has 6 nitrogen and oxygen atoms in total. The van der Waals surface area contributed by atoms with Crippen molar-refractivity contribution < 1.29 is 5.11 Å². The van der Waals surface area contributed by atoms with Crippen molar-refractivity contribution in [1.82, 2.24) is 15.0 Å². The number of phenols is 1. The summed E-state index contributed by atoms with van der Waals surface area (Å²) in [5.41, 5.74) is 2.18. The molecule has 0 saturated carbocycles. The molecule has 0 saturated heterocycles. The number of aromatic amines is 3. The van der Waals surface area contributed by atoms with Crippen LogP contribution in [-0.4, -0.2) is 20.1 Å². The molecule has 0 radical (unpaired) electrons. The van der Waals surface area contributed by atoms with E-state index in [0.29, 0.717) is 17.5 Å². The lowest BCUT2D eigenvalue weighted by Gasteiger charge is -2.01. The molecular formula is C14H13N3O3. The van der Waals surface area contributed by atoms with Gasteiger partial charge in [-0.2, -0.15) is 0 Å². The fourth-order valence-electron chi connectivity index (χ4n) is 2.33. The van der Waals surface area contributed by atoms with Crippen LogP contribution < -0.4 is 11.2 Å². The highest BCUT2D eigenvalue weighted by atomic mass is 16.3. The summed E-state index contributed by atoms with van der Waals surface area (Å²) in [6, 6.07) is 6.85. The van der Waals surface area contributed by atoms with E-state index in [2.05, 4.69) is 15.0 Å². The summed E-state index contributed by atoms with van der Waals surface area (Å²) in [7, 11) is 0. The molecule has 0 aliphatic carbocycles. The summed E-state index contributed by atoms with van der Waals surface area (Å²) in [4.78, 5) is 30.9. The number of aromatic nitrogens is 3. The van der Waals surface area contributed by atoms with Gasteiger partial charge in [-0.3, -0.25) is 14.8 Å². The predicted octanol–water partition coefficient (Wildman–Crippen LogP) is 1.15. The number of nitrogens with one attached hydrogen (secondary N) is 3. The van der Waals surface area contributed by atoms with Crippen LogP contribution in [-0.2, 0) is 6.42 Å². The molecular weight excluding hydrogens is 258 g/mol. The van der Waals surface area contributed by atoms with Crippen LogP contribution in [0.15, 0.2) is 33.9 Å². The third-order valence-electron chi connectivity index (χ3n) is 3.36. The number of hydrogen-bond donors (Lipinski definition) is 4. The van der Waals surface area contributed by atoms with E-state index >= 15 is 0 Å². The highest BCUT2D eigenvalue weighted by molar-refractivity contribution is 5.79. The molecule has 3 aromatic rings. The Morgan fingerprint density at radius 1 is 1.05 bits per heavy atom. The SMILES string of the molecule is Cc1c(Cc2ccc(O)cc2)[nH]c2[nH]c(=O)[nH]c(=O)c12. The van der Waals surface area contributed by atoms with Crippen molar-refractivity contribution in [2.45, 2.75) is 13.3 Å². The van der Waals surface area contributed by atoms with Crippen molar-refractivity contribution >= 4 is 11.0 Å². The summed E-state index contributed by atoms with van der Waals surface area (Å²) in [5, 5.41) is 9.74. The molecule has 102 valence electrons.